The van der Waals surface area contributed by atoms with E-state index in [2.05, 4.69) is 10.6 Å². The number of hydrogen-bond acceptors (Lipinski definition) is 3. The molecule has 0 aliphatic carbocycles. The minimum Gasteiger partial charge on any atom is -0.377 e. The number of carbonyl (C=O) groups is 1. The first-order valence-corrected chi connectivity index (χ1v) is 4.83. The van der Waals surface area contributed by atoms with Crippen LogP contribution in [0.5, 0.6) is 0 Å². The first-order valence-electron chi connectivity index (χ1n) is 4.83. The SMILES string of the molecule is CCNCC(C)C(=O)NC1COC1. The van der Waals surface area contributed by atoms with Crippen molar-refractivity contribution in [3.05, 3.63) is 0 Å². The van der Waals surface area contributed by atoms with Gasteiger partial charge in [-0.2, -0.15) is 0 Å². The fourth-order valence-corrected chi connectivity index (χ4v) is 1.12. The van der Waals surface area contributed by atoms with E-state index in [4.69, 9.17) is 4.74 Å². The van der Waals surface area contributed by atoms with Gasteiger partial charge in [-0.1, -0.05) is 13.8 Å². The zero-order chi connectivity index (χ0) is 9.68. The topological polar surface area (TPSA) is 50.4 Å². The summed E-state index contributed by atoms with van der Waals surface area (Å²) in [5.74, 6) is 0.162. The summed E-state index contributed by atoms with van der Waals surface area (Å²) in [4.78, 5) is 11.4. The highest BCUT2D eigenvalue weighted by Crippen LogP contribution is 2.01. The highest BCUT2D eigenvalue weighted by atomic mass is 16.5. The summed E-state index contributed by atoms with van der Waals surface area (Å²) in [6, 6.07) is 0.247. The van der Waals surface area contributed by atoms with Crippen molar-refractivity contribution in [3.63, 3.8) is 0 Å². The second kappa shape index (κ2) is 5.19. The van der Waals surface area contributed by atoms with Crippen LogP contribution in [-0.4, -0.2) is 38.3 Å². The summed E-state index contributed by atoms with van der Waals surface area (Å²) >= 11 is 0. The van der Waals surface area contributed by atoms with Crippen molar-refractivity contribution in [2.45, 2.75) is 19.9 Å². The van der Waals surface area contributed by atoms with E-state index in [1.807, 2.05) is 13.8 Å². The Labute approximate surface area is 79.0 Å². The van der Waals surface area contributed by atoms with Crippen molar-refractivity contribution in [2.75, 3.05) is 26.3 Å². The van der Waals surface area contributed by atoms with E-state index in [9.17, 15) is 4.79 Å². The smallest absolute Gasteiger partial charge is 0.224 e. The number of hydrogen-bond donors (Lipinski definition) is 2. The quantitative estimate of drug-likeness (QED) is 0.622. The molecule has 1 fully saturated rings. The molecule has 13 heavy (non-hydrogen) atoms. The normalized spacial score (nSPS) is 19.2. The van der Waals surface area contributed by atoms with E-state index < -0.39 is 0 Å². The van der Waals surface area contributed by atoms with Gasteiger partial charge in [0, 0.05) is 12.5 Å². The second-order valence-corrected chi connectivity index (χ2v) is 3.45. The predicted octanol–water partition coefficient (Wildman–Crippen LogP) is -0.253. The highest BCUT2D eigenvalue weighted by molar-refractivity contribution is 5.78. The Kier molecular flexibility index (Phi) is 4.18. The van der Waals surface area contributed by atoms with Crippen molar-refractivity contribution < 1.29 is 9.53 Å². The van der Waals surface area contributed by atoms with E-state index in [0.29, 0.717) is 13.2 Å². The summed E-state index contributed by atoms with van der Waals surface area (Å²) in [5, 5.41) is 6.07. The maximum Gasteiger partial charge on any atom is 0.224 e. The first-order chi connectivity index (χ1) is 6.24. The van der Waals surface area contributed by atoms with Crippen LogP contribution < -0.4 is 10.6 Å². The Morgan fingerprint density at radius 3 is 2.77 bits per heavy atom. The van der Waals surface area contributed by atoms with E-state index >= 15 is 0 Å². The van der Waals surface area contributed by atoms with Gasteiger partial charge in [-0.3, -0.25) is 4.79 Å². The number of amides is 1. The molecule has 0 saturated carbocycles. The highest BCUT2D eigenvalue weighted by Gasteiger charge is 2.22. The Hall–Kier alpha value is -0.610. The number of ether oxygens (including phenoxy) is 1. The fraction of sp³-hybridized carbons (Fsp3) is 0.889. The molecule has 1 amide bonds. The molecule has 1 rings (SSSR count). The van der Waals surface area contributed by atoms with E-state index in [0.717, 1.165) is 13.1 Å². The molecule has 4 nitrogen and oxygen atoms in total. The van der Waals surface area contributed by atoms with Gasteiger partial charge in [-0.05, 0) is 6.54 Å². The van der Waals surface area contributed by atoms with Crippen molar-refractivity contribution in [1.29, 1.82) is 0 Å². The van der Waals surface area contributed by atoms with Crippen LogP contribution >= 0.6 is 0 Å². The Morgan fingerprint density at radius 2 is 2.31 bits per heavy atom. The van der Waals surface area contributed by atoms with Gasteiger partial charge in [0.15, 0.2) is 0 Å². The zero-order valence-corrected chi connectivity index (χ0v) is 8.30. The molecule has 1 aliphatic heterocycles. The lowest BCUT2D eigenvalue weighted by atomic mass is 10.1. The molecule has 0 aromatic carbocycles. The third-order valence-corrected chi connectivity index (χ3v) is 2.13. The first kappa shape index (κ1) is 10.5. The van der Waals surface area contributed by atoms with Crippen molar-refractivity contribution >= 4 is 5.91 Å². The average Bonchev–Trinajstić information content (AvgIpc) is 2.06. The molecule has 0 spiro atoms. The van der Waals surface area contributed by atoms with Gasteiger partial charge in [0.25, 0.3) is 0 Å². The Balaban J connectivity index is 2.13. The molecule has 76 valence electrons. The van der Waals surface area contributed by atoms with Gasteiger partial charge < -0.3 is 15.4 Å². The maximum atomic E-state index is 11.4. The molecule has 0 bridgehead atoms. The Bertz CT molecular complexity index is 169. The second-order valence-electron chi connectivity index (χ2n) is 3.45. The number of rotatable bonds is 5. The van der Waals surface area contributed by atoms with Gasteiger partial charge >= 0.3 is 0 Å². The Morgan fingerprint density at radius 1 is 1.62 bits per heavy atom. The summed E-state index contributed by atoms with van der Waals surface area (Å²) in [5.41, 5.74) is 0. The van der Waals surface area contributed by atoms with Crippen molar-refractivity contribution in [3.8, 4) is 0 Å². The minimum absolute atomic E-state index is 0.0422. The molecule has 1 heterocycles. The summed E-state index contributed by atoms with van der Waals surface area (Å²) in [7, 11) is 0. The molecule has 1 aliphatic rings. The van der Waals surface area contributed by atoms with Crippen molar-refractivity contribution in [2.24, 2.45) is 5.92 Å². The van der Waals surface area contributed by atoms with Crippen LogP contribution in [0.1, 0.15) is 13.8 Å². The summed E-state index contributed by atoms with van der Waals surface area (Å²) in [6.07, 6.45) is 0. The lowest BCUT2D eigenvalue weighted by molar-refractivity contribution is -0.128. The molecule has 4 heteroatoms. The summed E-state index contributed by atoms with van der Waals surface area (Å²) < 4.78 is 4.97. The standard InChI is InChI=1S/C9H18N2O2/c1-3-10-4-7(2)9(12)11-8-5-13-6-8/h7-8,10H,3-6H2,1-2H3,(H,11,12). The van der Waals surface area contributed by atoms with Crippen LogP contribution in [0.15, 0.2) is 0 Å². The molecular weight excluding hydrogens is 168 g/mol. The molecule has 0 aromatic rings. The van der Waals surface area contributed by atoms with E-state index in [-0.39, 0.29) is 17.9 Å². The third-order valence-electron chi connectivity index (χ3n) is 2.13. The summed E-state index contributed by atoms with van der Waals surface area (Å²) in [6.45, 7) is 6.95. The third kappa shape index (κ3) is 3.32. The molecular formula is C9H18N2O2. The lowest BCUT2D eigenvalue weighted by Gasteiger charge is -2.28. The monoisotopic (exact) mass is 186 g/mol. The van der Waals surface area contributed by atoms with Crippen LogP contribution in [-0.2, 0) is 9.53 Å². The van der Waals surface area contributed by atoms with Crippen LogP contribution in [0.2, 0.25) is 0 Å². The average molecular weight is 186 g/mol. The molecule has 1 saturated heterocycles. The molecule has 1 atom stereocenters. The number of nitrogens with one attached hydrogen (secondary N) is 2. The minimum atomic E-state index is 0.0422. The van der Waals surface area contributed by atoms with Crippen LogP contribution in [0.3, 0.4) is 0 Å². The molecule has 0 aromatic heterocycles. The van der Waals surface area contributed by atoms with Crippen molar-refractivity contribution in [1.82, 2.24) is 10.6 Å². The van der Waals surface area contributed by atoms with Crippen LogP contribution in [0.4, 0.5) is 0 Å². The zero-order valence-electron chi connectivity index (χ0n) is 8.30. The van der Waals surface area contributed by atoms with E-state index in [1.165, 1.54) is 0 Å². The van der Waals surface area contributed by atoms with Gasteiger partial charge in [0.05, 0.1) is 19.3 Å². The van der Waals surface area contributed by atoms with Gasteiger partial charge in [-0.25, -0.2) is 0 Å². The number of carbonyl (C=O) groups excluding carboxylic acids is 1. The van der Waals surface area contributed by atoms with Gasteiger partial charge in [-0.15, -0.1) is 0 Å². The van der Waals surface area contributed by atoms with Crippen LogP contribution in [0.25, 0.3) is 0 Å². The van der Waals surface area contributed by atoms with Crippen LogP contribution in [0, 0.1) is 5.92 Å². The molecule has 2 N–H and O–H groups in total. The largest absolute Gasteiger partial charge is 0.377 e. The maximum absolute atomic E-state index is 11.4. The molecule has 0 radical (unpaired) electrons. The lowest BCUT2D eigenvalue weighted by Crippen LogP contribution is -2.51. The van der Waals surface area contributed by atoms with Gasteiger partial charge in [0.1, 0.15) is 0 Å². The predicted molar refractivity (Wildman–Crippen MR) is 50.5 cm³/mol. The van der Waals surface area contributed by atoms with E-state index in [1.54, 1.807) is 0 Å². The molecule has 1 unspecified atom stereocenters. The van der Waals surface area contributed by atoms with Gasteiger partial charge in [0.2, 0.25) is 5.91 Å². The fourth-order valence-electron chi connectivity index (χ4n) is 1.12.